The molecular formula is C31H31NO6. The van der Waals surface area contributed by atoms with Crippen LogP contribution in [-0.4, -0.2) is 30.2 Å². The summed E-state index contributed by atoms with van der Waals surface area (Å²) >= 11 is 0. The zero-order chi connectivity index (χ0) is 27.0. The van der Waals surface area contributed by atoms with Crippen LogP contribution in [0.25, 0.3) is 5.76 Å². The second-order valence-electron chi connectivity index (χ2n) is 10.5. The average Bonchev–Trinajstić information content (AvgIpc) is 3.48. The van der Waals surface area contributed by atoms with Crippen LogP contribution < -0.4 is 19.1 Å². The summed E-state index contributed by atoms with van der Waals surface area (Å²) in [4.78, 5) is 28.4. The Balaban J connectivity index is 1.63. The predicted octanol–water partition coefficient (Wildman–Crippen LogP) is 6.13. The summed E-state index contributed by atoms with van der Waals surface area (Å²) < 4.78 is 16.6. The lowest BCUT2D eigenvalue weighted by Crippen LogP contribution is -2.29. The van der Waals surface area contributed by atoms with Crippen molar-refractivity contribution in [3.63, 3.8) is 0 Å². The fraction of sp³-hybridized carbons (Fsp3) is 0.290. The number of nitrogens with zero attached hydrogens (tertiary/aromatic N) is 1. The van der Waals surface area contributed by atoms with Gasteiger partial charge in [-0.3, -0.25) is 14.5 Å². The maximum atomic E-state index is 13.5. The molecule has 0 bridgehead atoms. The van der Waals surface area contributed by atoms with Gasteiger partial charge in [0, 0.05) is 17.3 Å². The molecule has 2 aliphatic rings. The first-order valence-corrected chi connectivity index (χ1v) is 12.7. The average molecular weight is 514 g/mol. The van der Waals surface area contributed by atoms with E-state index >= 15 is 0 Å². The van der Waals surface area contributed by atoms with Crippen molar-refractivity contribution < 1.29 is 28.9 Å². The van der Waals surface area contributed by atoms with Crippen LogP contribution in [0.3, 0.4) is 0 Å². The van der Waals surface area contributed by atoms with Gasteiger partial charge in [-0.15, -0.1) is 0 Å². The Bertz CT molecular complexity index is 1400. The number of Topliss-reactive ketones (excluding diaryl/α,β-unsaturated/α-hetero) is 1. The van der Waals surface area contributed by atoms with E-state index in [1.165, 1.54) is 4.90 Å². The Labute approximate surface area is 222 Å². The summed E-state index contributed by atoms with van der Waals surface area (Å²) in [5.41, 5.74) is 2.68. The zero-order valence-corrected chi connectivity index (χ0v) is 22.0. The zero-order valence-electron chi connectivity index (χ0n) is 22.0. The molecule has 38 heavy (non-hydrogen) atoms. The standard InChI is InChI=1S/C31H31NO6/c1-5-16-36-23-13-8-20(9-14-23)28(33)26-27(19-6-10-21(11-7-19)31(2,3)4)32(30(35)29(26)34)22-12-15-24-25(17-22)38-18-37-24/h6-15,17,27,33H,5,16,18H2,1-4H3/b28-26+. The Kier molecular flexibility index (Phi) is 6.61. The highest BCUT2D eigenvalue weighted by atomic mass is 16.7. The molecule has 0 radical (unpaired) electrons. The van der Waals surface area contributed by atoms with Crippen molar-refractivity contribution in [3.05, 3.63) is 89.0 Å². The van der Waals surface area contributed by atoms with Gasteiger partial charge in [0.15, 0.2) is 11.5 Å². The monoisotopic (exact) mass is 513 g/mol. The van der Waals surface area contributed by atoms with E-state index < -0.39 is 17.7 Å². The van der Waals surface area contributed by atoms with Gasteiger partial charge in [-0.2, -0.15) is 0 Å². The van der Waals surface area contributed by atoms with Gasteiger partial charge in [-0.25, -0.2) is 0 Å². The van der Waals surface area contributed by atoms with Crippen molar-refractivity contribution in [1.82, 2.24) is 0 Å². The minimum absolute atomic E-state index is 0.0263. The molecule has 1 atom stereocenters. The summed E-state index contributed by atoms with van der Waals surface area (Å²) in [7, 11) is 0. The number of hydrogen-bond acceptors (Lipinski definition) is 6. The summed E-state index contributed by atoms with van der Waals surface area (Å²) in [5, 5.41) is 11.4. The lowest BCUT2D eigenvalue weighted by molar-refractivity contribution is -0.132. The minimum atomic E-state index is -0.833. The molecule has 1 N–H and O–H groups in total. The normalized spacial score (nSPS) is 18.2. The summed E-state index contributed by atoms with van der Waals surface area (Å²) in [6, 6.07) is 19.0. The highest BCUT2D eigenvalue weighted by Gasteiger charge is 2.47. The number of ketones is 1. The molecular weight excluding hydrogens is 482 g/mol. The number of rotatable bonds is 6. The van der Waals surface area contributed by atoms with E-state index in [0.717, 1.165) is 12.0 Å². The molecule has 7 nitrogen and oxygen atoms in total. The highest BCUT2D eigenvalue weighted by Crippen LogP contribution is 2.45. The van der Waals surface area contributed by atoms with Crippen LogP contribution in [0.4, 0.5) is 5.69 Å². The largest absolute Gasteiger partial charge is 0.507 e. The number of aliphatic hydroxyl groups excluding tert-OH is 1. The van der Waals surface area contributed by atoms with E-state index in [4.69, 9.17) is 14.2 Å². The molecule has 3 aromatic rings. The number of carbonyl (C=O) groups excluding carboxylic acids is 2. The van der Waals surface area contributed by atoms with Crippen molar-refractivity contribution >= 4 is 23.1 Å². The van der Waals surface area contributed by atoms with E-state index in [9.17, 15) is 14.7 Å². The van der Waals surface area contributed by atoms with E-state index in [1.807, 2.05) is 31.2 Å². The fourth-order valence-corrected chi connectivity index (χ4v) is 4.70. The molecule has 0 saturated carbocycles. The lowest BCUT2D eigenvalue weighted by Gasteiger charge is -2.26. The summed E-state index contributed by atoms with van der Waals surface area (Å²) in [5.74, 6) is 0.0161. The van der Waals surface area contributed by atoms with Gasteiger partial charge in [0.05, 0.1) is 18.2 Å². The van der Waals surface area contributed by atoms with Crippen molar-refractivity contribution in [2.24, 2.45) is 0 Å². The quantitative estimate of drug-likeness (QED) is 0.243. The van der Waals surface area contributed by atoms with Crippen LogP contribution >= 0.6 is 0 Å². The number of fused-ring (bicyclic) bond motifs is 1. The van der Waals surface area contributed by atoms with E-state index in [-0.39, 0.29) is 23.5 Å². The van der Waals surface area contributed by atoms with Gasteiger partial charge >= 0.3 is 0 Å². The van der Waals surface area contributed by atoms with Crippen LogP contribution in [0, 0.1) is 0 Å². The van der Waals surface area contributed by atoms with Gasteiger partial charge in [-0.1, -0.05) is 52.0 Å². The van der Waals surface area contributed by atoms with Gasteiger partial charge < -0.3 is 19.3 Å². The minimum Gasteiger partial charge on any atom is -0.507 e. The first-order valence-electron chi connectivity index (χ1n) is 12.7. The number of amides is 1. The van der Waals surface area contributed by atoms with Crippen LogP contribution in [0.1, 0.15) is 56.8 Å². The molecule has 0 spiro atoms. The third-order valence-electron chi connectivity index (χ3n) is 6.77. The molecule has 0 aromatic heterocycles. The predicted molar refractivity (Wildman–Crippen MR) is 145 cm³/mol. The van der Waals surface area contributed by atoms with E-state index in [0.29, 0.717) is 40.7 Å². The Hall–Kier alpha value is -4.26. The third kappa shape index (κ3) is 4.60. The van der Waals surface area contributed by atoms with Gasteiger partial charge in [0.25, 0.3) is 11.7 Å². The first-order chi connectivity index (χ1) is 18.2. The van der Waals surface area contributed by atoms with Crippen LogP contribution in [-0.2, 0) is 15.0 Å². The topological polar surface area (TPSA) is 85.3 Å². The molecule has 5 rings (SSSR count). The van der Waals surface area contributed by atoms with E-state index in [1.54, 1.807) is 42.5 Å². The Morgan fingerprint density at radius 2 is 1.66 bits per heavy atom. The van der Waals surface area contributed by atoms with Gasteiger partial charge in [-0.05, 0) is 59.4 Å². The number of benzene rings is 3. The van der Waals surface area contributed by atoms with Crippen molar-refractivity contribution in [3.8, 4) is 17.2 Å². The number of aliphatic hydroxyl groups is 1. The van der Waals surface area contributed by atoms with Crippen molar-refractivity contribution in [2.75, 3.05) is 18.3 Å². The van der Waals surface area contributed by atoms with Crippen molar-refractivity contribution in [2.45, 2.75) is 45.6 Å². The maximum absolute atomic E-state index is 13.5. The van der Waals surface area contributed by atoms with Crippen LogP contribution in [0.5, 0.6) is 17.2 Å². The second-order valence-corrected chi connectivity index (χ2v) is 10.5. The van der Waals surface area contributed by atoms with Crippen molar-refractivity contribution in [1.29, 1.82) is 0 Å². The molecule has 196 valence electrons. The Morgan fingerprint density at radius 3 is 2.32 bits per heavy atom. The molecule has 1 amide bonds. The van der Waals surface area contributed by atoms with Crippen LogP contribution in [0.2, 0.25) is 0 Å². The number of ether oxygens (including phenoxy) is 3. The van der Waals surface area contributed by atoms with Gasteiger partial charge in [0.1, 0.15) is 11.5 Å². The summed E-state index contributed by atoms with van der Waals surface area (Å²) in [6.07, 6.45) is 0.874. The molecule has 7 heteroatoms. The third-order valence-corrected chi connectivity index (χ3v) is 6.77. The van der Waals surface area contributed by atoms with Gasteiger partial charge in [0.2, 0.25) is 6.79 Å². The smallest absolute Gasteiger partial charge is 0.300 e. The highest BCUT2D eigenvalue weighted by molar-refractivity contribution is 6.51. The molecule has 2 aliphatic heterocycles. The SMILES string of the molecule is CCCOc1ccc(/C(O)=C2\C(=O)C(=O)N(c3ccc4c(c3)OCO4)C2c2ccc(C(C)(C)C)cc2)cc1. The van der Waals surface area contributed by atoms with E-state index in [2.05, 4.69) is 20.8 Å². The molecule has 3 aromatic carbocycles. The maximum Gasteiger partial charge on any atom is 0.300 e. The summed E-state index contributed by atoms with van der Waals surface area (Å²) in [6.45, 7) is 9.05. The molecule has 1 saturated heterocycles. The fourth-order valence-electron chi connectivity index (χ4n) is 4.70. The first kappa shape index (κ1) is 25.4. The Morgan fingerprint density at radius 1 is 0.974 bits per heavy atom. The molecule has 1 unspecified atom stereocenters. The molecule has 2 heterocycles. The number of anilines is 1. The lowest BCUT2D eigenvalue weighted by atomic mass is 9.85. The number of carbonyl (C=O) groups is 2. The second kappa shape index (κ2) is 9.89. The number of hydrogen-bond donors (Lipinski definition) is 1. The molecule has 0 aliphatic carbocycles. The van der Waals surface area contributed by atoms with Crippen LogP contribution in [0.15, 0.2) is 72.3 Å². The molecule has 1 fully saturated rings.